The first-order valence-electron chi connectivity index (χ1n) is 7.22. The number of thioether (sulfide) groups is 1. The number of hydrogen-bond donors (Lipinski definition) is 4. The van der Waals surface area contributed by atoms with Crippen molar-refractivity contribution in [3.63, 3.8) is 0 Å². The summed E-state index contributed by atoms with van der Waals surface area (Å²) in [7, 11) is 0. The number of pyridine rings is 1. The first kappa shape index (κ1) is 20.1. The third kappa shape index (κ3) is 6.27. The van der Waals surface area contributed by atoms with Gasteiger partial charge < -0.3 is 16.8 Å². The molecule has 1 heterocycles. The number of nitrogens with one attached hydrogen (secondary N) is 1. The van der Waals surface area contributed by atoms with Gasteiger partial charge in [-0.05, 0) is 43.0 Å². The zero-order valence-corrected chi connectivity index (χ0v) is 15.6. The van der Waals surface area contributed by atoms with Crippen LogP contribution in [-0.2, 0) is 0 Å². The van der Waals surface area contributed by atoms with Crippen molar-refractivity contribution in [2.75, 3.05) is 5.88 Å². The monoisotopic (exact) mass is 361 g/mol. The molecule has 5 nitrogen and oxygen atoms in total. The van der Waals surface area contributed by atoms with Crippen LogP contribution >= 0.6 is 24.4 Å². The molecule has 0 fully saturated rings. The Morgan fingerprint density at radius 3 is 2.83 bits per heavy atom. The van der Waals surface area contributed by atoms with Gasteiger partial charge in [-0.15, -0.1) is 24.4 Å². The molecule has 0 saturated carbocycles. The van der Waals surface area contributed by atoms with Crippen LogP contribution in [-0.4, -0.2) is 17.2 Å². The maximum atomic E-state index is 5.88. The van der Waals surface area contributed by atoms with Gasteiger partial charge in [-0.25, -0.2) is 4.99 Å². The normalized spacial score (nSPS) is 13.8. The highest BCUT2D eigenvalue weighted by molar-refractivity contribution is 8.03. The summed E-state index contributed by atoms with van der Waals surface area (Å²) in [6.45, 7) is 7.56. The fourth-order valence-corrected chi connectivity index (χ4v) is 2.71. The lowest BCUT2D eigenvalue weighted by atomic mass is 10.2. The summed E-state index contributed by atoms with van der Waals surface area (Å²) >= 11 is 5.61. The second kappa shape index (κ2) is 10.7. The fraction of sp³-hybridized carbons (Fsp3) is 0.176. The molecule has 0 radical (unpaired) electrons. The summed E-state index contributed by atoms with van der Waals surface area (Å²) in [5.41, 5.74) is 15.5. The predicted octanol–water partition coefficient (Wildman–Crippen LogP) is 3.15. The molecule has 0 spiro atoms. The molecule has 0 unspecified atom stereocenters. The largest absolute Gasteiger partial charge is 0.401 e. The highest BCUT2D eigenvalue weighted by Gasteiger charge is 2.06. The Kier molecular flexibility index (Phi) is 8.99. The van der Waals surface area contributed by atoms with Gasteiger partial charge in [-0.3, -0.25) is 4.98 Å². The highest BCUT2D eigenvalue weighted by Crippen LogP contribution is 2.26. The topological polar surface area (TPSA) is 89.3 Å². The van der Waals surface area contributed by atoms with Gasteiger partial charge in [0.1, 0.15) is 0 Å². The van der Waals surface area contributed by atoms with Gasteiger partial charge in [0.15, 0.2) is 0 Å². The third-order valence-electron chi connectivity index (χ3n) is 2.95. The van der Waals surface area contributed by atoms with E-state index >= 15 is 0 Å². The highest BCUT2D eigenvalue weighted by atomic mass is 32.2. The van der Waals surface area contributed by atoms with E-state index in [9.17, 15) is 0 Å². The number of rotatable bonds is 8. The van der Waals surface area contributed by atoms with E-state index in [1.54, 1.807) is 30.9 Å². The number of hydrogen-bond acceptors (Lipinski definition) is 6. The van der Waals surface area contributed by atoms with Crippen LogP contribution in [0.15, 0.2) is 63.4 Å². The molecule has 1 aromatic heterocycles. The van der Waals surface area contributed by atoms with Crippen molar-refractivity contribution >= 4 is 36.8 Å². The van der Waals surface area contributed by atoms with E-state index in [-0.39, 0.29) is 0 Å². The van der Waals surface area contributed by atoms with Crippen molar-refractivity contribution in [1.82, 2.24) is 10.3 Å². The summed E-state index contributed by atoms with van der Waals surface area (Å²) in [5.74, 6) is 0.413. The Morgan fingerprint density at radius 2 is 2.29 bits per heavy atom. The van der Waals surface area contributed by atoms with E-state index in [2.05, 4.69) is 34.5 Å². The van der Waals surface area contributed by atoms with E-state index in [0.29, 0.717) is 17.3 Å². The molecule has 0 aromatic carbocycles. The predicted molar refractivity (Wildman–Crippen MR) is 109 cm³/mol. The van der Waals surface area contributed by atoms with Crippen molar-refractivity contribution in [3.8, 4) is 0 Å². The van der Waals surface area contributed by atoms with Gasteiger partial charge in [-0.2, -0.15) is 0 Å². The fourth-order valence-electron chi connectivity index (χ4n) is 1.78. The number of nitrogens with two attached hydrogens (primary N) is 2. The average Bonchev–Trinajstić information content (AvgIpc) is 2.57. The van der Waals surface area contributed by atoms with Gasteiger partial charge in [0.25, 0.3) is 0 Å². The number of thiol groups is 1. The molecule has 0 aliphatic carbocycles. The van der Waals surface area contributed by atoms with E-state index in [0.717, 1.165) is 21.9 Å². The summed E-state index contributed by atoms with van der Waals surface area (Å²) in [4.78, 5) is 9.43. The van der Waals surface area contributed by atoms with Crippen LogP contribution in [0.25, 0.3) is 6.08 Å². The van der Waals surface area contributed by atoms with Crippen molar-refractivity contribution < 1.29 is 0 Å². The molecule has 0 atom stereocenters. The molecule has 0 saturated heterocycles. The lowest BCUT2D eigenvalue weighted by Gasteiger charge is -2.08. The molecule has 0 bridgehead atoms. The van der Waals surface area contributed by atoms with E-state index in [1.807, 2.05) is 25.1 Å². The van der Waals surface area contributed by atoms with Crippen LogP contribution < -0.4 is 16.8 Å². The second-order valence-electron chi connectivity index (χ2n) is 4.72. The van der Waals surface area contributed by atoms with Crippen LogP contribution in [0.4, 0.5) is 0 Å². The first-order chi connectivity index (χ1) is 11.5. The zero-order chi connectivity index (χ0) is 17.9. The number of allylic oxidation sites excluding steroid dienone is 2. The van der Waals surface area contributed by atoms with Crippen molar-refractivity contribution in [2.24, 2.45) is 16.5 Å². The minimum Gasteiger partial charge on any atom is -0.401 e. The number of aromatic nitrogens is 1. The molecule has 128 valence electrons. The molecule has 0 aliphatic heterocycles. The molecular formula is C17H23N5S2. The summed E-state index contributed by atoms with van der Waals surface area (Å²) in [6, 6.07) is 3.88. The van der Waals surface area contributed by atoms with Crippen molar-refractivity contribution in [3.05, 3.63) is 69.6 Å². The molecule has 1 aromatic rings. The standard InChI is InChI=1S/C17H23N5S2/c1-4-15(8-14-6-5-7-20-13(14)3)21-11-22-16(9-23)17(12(2)19)24-10-18/h4-9,11,23H,1,10,18-19H2,2-3H3,(H,21,22)/b15-8+,16-9-,17-12-. The lowest BCUT2D eigenvalue weighted by Crippen LogP contribution is -2.09. The van der Waals surface area contributed by atoms with Crippen LogP contribution in [0, 0.1) is 6.92 Å². The maximum Gasteiger partial charge on any atom is 0.0931 e. The number of nitrogens with zero attached hydrogens (tertiary/aromatic N) is 2. The zero-order valence-electron chi connectivity index (χ0n) is 13.9. The quantitative estimate of drug-likeness (QED) is 0.188. The van der Waals surface area contributed by atoms with Gasteiger partial charge in [0, 0.05) is 29.2 Å². The Labute approximate surface area is 153 Å². The molecular weight excluding hydrogens is 338 g/mol. The molecule has 0 amide bonds. The number of aryl methyl sites for hydroxylation is 1. The Bertz CT molecular complexity index is 686. The smallest absolute Gasteiger partial charge is 0.0931 e. The average molecular weight is 362 g/mol. The van der Waals surface area contributed by atoms with Crippen molar-refractivity contribution in [2.45, 2.75) is 13.8 Å². The van der Waals surface area contributed by atoms with Crippen LogP contribution in [0.5, 0.6) is 0 Å². The van der Waals surface area contributed by atoms with Gasteiger partial charge >= 0.3 is 0 Å². The summed E-state index contributed by atoms with van der Waals surface area (Å²) < 4.78 is 0. The van der Waals surface area contributed by atoms with Gasteiger partial charge in [0.05, 0.1) is 16.9 Å². The minimum atomic E-state index is 0.413. The summed E-state index contributed by atoms with van der Waals surface area (Å²) in [6.07, 6.45) is 6.99. The second-order valence-corrected chi connectivity index (χ2v) is 6.01. The van der Waals surface area contributed by atoms with Gasteiger partial charge in [0.2, 0.25) is 0 Å². The van der Waals surface area contributed by atoms with Crippen molar-refractivity contribution in [1.29, 1.82) is 0 Å². The Balaban J connectivity index is 2.92. The van der Waals surface area contributed by atoms with E-state index < -0.39 is 0 Å². The SMILES string of the molecule is C=C/C(=C\c1cccnc1C)NC=NC(=C\S)/C(SCN)=C(\C)N. The van der Waals surface area contributed by atoms with Crippen LogP contribution in [0.1, 0.15) is 18.2 Å². The molecule has 7 heteroatoms. The lowest BCUT2D eigenvalue weighted by molar-refractivity contribution is 1.17. The number of aliphatic imine (C=N–C) groups is 1. The first-order valence-corrected chi connectivity index (χ1v) is 8.72. The Hall–Kier alpha value is -1.96. The molecule has 24 heavy (non-hydrogen) atoms. The van der Waals surface area contributed by atoms with Gasteiger partial charge in [-0.1, -0.05) is 12.6 Å². The Morgan fingerprint density at radius 1 is 1.54 bits per heavy atom. The van der Waals surface area contributed by atoms with Crippen LogP contribution in [0.2, 0.25) is 0 Å². The summed E-state index contributed by atoms with van der Waals surface area (Å²) in [5, 5.41) is 4.68. The maximum absolute atomic E-state index is 5.88. The molecule has 0 aliphatic rings. The van der Waals surface area contributed by atoms with Crippen LogP contribution in [0.3, 0.4) is 0 Å². The third-order valence-corrected chi connectivity index (χ3v) is 4.19. The molecule has 5 N–H and O–H groups in total. The molecule has 1 rings (SSSR count). The van der Waals surface area contributed by atoms with E-state index in [1.165, 1.54) is 11.8 Å². The van der Waals surface area contributed by atoms with E-state index in [4.69, 9.17) is 11.5 Å². The minimum absolute atomic E-state index is 0.413.